The lowest BCUT2D eigenvalue weighted by Crippen LogP contribution is -2.39. The molecule has 0 spiro atoms. The van der Waals surface area contributed by atoms with E-state index in [1.807, 2.05) is 4.90 Å². The molecular formula is C13H16FN3O2. The molecule has 0 atom stereocenters. The highest BCUT2D eigenvalue weighted by atomic mass is 19.1. The first-order chi connectivity index (χ1) is 9.17. The van der Waals surface area contributed by atoms with Crippen molar-refractivity contribution < 1.29 is 14.4 Å². The van der Waals surface area contributed by atoms with Crippen LogP contribution in [-0.2, 0) is 4.79 Å². The minimum Gasteiger partial charge on any atom is -0.411 e. The molecule has 0 saturated carbocycles. The predicted molar refractivity (Wildman–Crippen MR) is 69.9 cm³/mol. The number of amides is 1. The Morgan fingerprint density at radius 3 is 2.53 bits per heavy atom. The van der Waals surface area contributed by atoms with E-state index in [4.69, 9.17) is 5.21 Å². The number of hydrogen-bond donors (Lipinski definition) is 2. The summed E-state index contributed by atoms with van der Waals surface area (Å²) >= 11 is 0. The Labute approximate surface area is 110 Å². The maximum absolute atomic E-state index is 12.7. The van der Waals surface area contributed by atoms with Gasteiger partial charge in [-0.2, -0.15) is 0 Å². The number of likely N-dealkylation sites (tertiary alicyclic amines) is 1. The van der Waals surface area contributed by atoms with Gasteiger partial charge in [0.05, 0.1) is 12.3 Å². The summed E-state index contributed by atoms with van der Waals surface area (Å²) in [5.41, 5.74) is 1.36. The SMILES string of the molecule is O=C(CN1CCC(=NO)CC1)Nc1ccc(F)cc1. The van der Waals surface area contributed by atoms with E-state index in [9.17, 15) is 9.18 Å². The molecule has 1 saturated heterocycles. The Kier molecular flexibility index (Phi) is 4.46. The number of hydrogen-bond acceptors (Lipinski definition) is 4. The molecule has 1 aromatic carbocycles. The van der Waals surface area contributed by atoms with Crippen LogP contribution in [0.2, 0.25) is 0 Å². The molecule has 2 N–H and O–H groups in total. The van der Waals surface area contributed by atoms with Gasteiger partial charge in [0, 0.05) is 31.6 Å². The fraction of sp³-hybridized carbons (Fsp3) is 0.385. The van der Waals surface area contributed by atoms with E-state index in [0.717, 1.165) is 5.71 Å². The normalized spacial score (nSPS) is 16.2. The quantitative estimate of drug-likeness (QED) is 0.645. The van der Waals surface area contributed by atoms with Crippen LogP contribution in [0.15, 0.2) is 29.4 Å². The second-order valence-corrected chi connectivity index (χ2v) is 4.50. The molecule has 0 radical (unpaired) electrons. The molecule has 6 heteroatoms. The second-order valence-electron chi connectivity index (χ2n) is 4.50. The third-order valence-corrected chi connectivity index (χ3v) is 3.07. The Morgan fingerprint density at radius 2 is 1.95 bits per heavy atom. The zero-order valence-electron chi connectivity index (χ0n) is 10.5. The van der Waals surface area contributed by atoms with Gasteiger partial charge >= 0.3 is 0 Å². The van der Waals surface area contributed by atoms with Gasteiger partial charge < -0.3 is 10.5 Å². The van der Waals surface area contributed by atoms with Crippen molar-refractivity contribution in [3.05, 3.63) is 30.1 Å². The third kappa shape index (κ3) is 4.03. The summed E-state index contributed by atoms with van der Waals surface area (Å²) in [6.45, 7) is 1.70. The van der Waals surface area contributed by atoms with Gasteiger partial charge in [0.1, 0.15) is 5.82 Å². The Bertz CT molecular complexity index is 463. The molecule has 1 fully saturated rings. The molecule has 1 amide bonds. The van der Waals surface area contributed by atoms with Gasteiger partial charge in [0.15, 0.2) is 0 Å². The number of benzene rings is 1. The molecule has 102 valence electrons. The zero-order valence-corrected chi connectivity index (χ0v) is 10.5. The van der Waals surface area contributed by atoms with Crippen LogP contribution < -0.4 is 5.32 Å². The van der Waals surface area contributed by atoms with E-state index in [1.54, 1.807) is 0 Å². The highest BCUT2D eigenvalue weighted by molar-refractivity contribution is 5.92. The number of piperidine rings is 1. The average Bonchev–Trinajstić information content (AvgIpc) is 2.42. The molecule has 0 bridgehead atoms. The summed E-state index contributed by atoms with van der Waals surface area (Å²) < 4.78 is 12.7. The van der Waals surface area contributed by atoms with Gasteiger partial charge in [-0.15, -0.1) is 0 Å². The van der Waals surface area contributed by atoms with Crippen LogP contribution in [0.4, 0.5) is 10.1 Å². The lowest BCUT2D eigenvalue weighted by molar-refractivity contribution is -0.117. The third-order valence-electron chi connectivity index (χ3n) is 3.07. The van der Waals surface area contributed by atoms with E-state index in [2.05, 4.69) is 10.5 Å². The first kappa shape index (κ1) is 13.5. The van der Waals surface area contributed by atoms with E-state index in [0.29, 0.717) is 31.6 Å². The van der Waals surface area contributed by atoms with Gasteiger partial charge in [0.25, 0.3) is 0 Å². The second kappa shape index (κ2) is 6.29. The number of rotatable bonds is 3. The maximum atomic E-state index is 12.7. The van der Waals surface area contributed by atoms with Crippen LogP contribution in [-0.4, -0.2) is 41.4 Å². The van der Waals surface area contributed by atoms with E-state index < -0.39 is 0 Å². The summed E-state index contributed by atoms with van der Waals surface area (Å²) in [5.74, 6) is -0.458. The molecular weight excluding hydrogens is 249 g/mol. The van der Waals surface area contributed by atoms with Crippen LogP contribution in [0, 0.1) is 5.82 Å². The van der Waals surface area contributed by atoms with Crippen molar-refractivity contribution in [3.8, 4) is 0 Å². The highest BCUT2D eigenvalue weighted by Gasteiger charge is 2.17. The average molecular weight is 265 g/mol. The van der Waals surface area contributed by atoms with Crippen molar-refractivity contribution in [1.82, 2.24) is 4.90 Å². The molecule has 2 rings (SSSR count). The fourth-order valence-corrected chi connectivity index (χ4v) is 2.01. The van der Waals surface area contributed by atoms with Crippen molar-refractivity contribution in [2.24, 2.45) is 5.16 Å². The van der Waals surface area contributed by atoms with E-state index >= 15 is 0 Å². The number of nitrogens with one attached hydrogen (secondary N) is 1. The summed E-state index contributed by atoms with van der Waals surface area (Å²) in [6.07, 6.45) is 1.36. The minimum absolute atomic E-state index is 0.129. The van der Waals surface area contributed by atoms with Crippen molar-refractivity contribution in [3.63, 3.8) is 0 Å². The van der Waals surface area contributed by atoms with Gasteiger partial charge in [-0.1, -0.05) is 5.16 Å². The lowest BCUT2D eigenvalue weighted by atomic mass is 10.1. The molecule has 19 heavy (non-hydrogen) atoms. The van der Waals surface area contributed by atoms with Crippen LogP contribution in [0.3, 0.4) is 0 Å². The Balaban J connectivity index is 1.80. The van der Waals surface area contributed by atoms with Gasteiger partial charge in [-0.25, -0.2) is 4.39 Å². The number of anilines is 1. The maximum Gasteiger partial charge on any atom is 0.238 e. The minimum atomic E-state index is -0.329. The Morgan fingerprint density at radius 1 is 1.32 bits per heavy atom. The van der Waals surface area contributed by atoms with Crippen molar-refractivity contribution in [2.45, 2.75) is 12.8 Å². The Hall–Kier alpha value is -1.95. The molecule has 1 aliphatic heterocycles. The molecule has 0 unspecified atom stereocenters. The standard InChI is InChI=1S/C13H16FN3O2/c14-10-1-3-11(4-2-10)15-13(18)9-17-7-5-12(16-19)6-8-17/h1-4,19H,5-9H2,(H,15,18). The number of carbonyl (C=O) groups is 1. The first-order valence-corrected chi connectivity index (χ1v) is 6.15. The van der Waals surface area contributed by atoms with Gasteiger partial charge in [-0.3, -0.25) is 9.69 Å². The summed E-state index contributed by atoms with van der Waals surface area (Å²) in [7, 11) is 0. The topological polar surface area (TPSA) is 64.9 Å². The highest BCUT2D eigenvalue weighted by Crippen LogP contribution is 2.10. The largest absolute Gasteiger partial charge is 0.411 e. The van der Waals surface area contributed by atoms with Crippen LogP contribution in [0.1, 0.15) is 12.8 Å². The summed E-state index contributed by atoms with van der Waals surface area (Å²) in [6, 6.07) is 5.67. The van der Waals surface area contributed by atoms with Crippen LogP contribution >= 0.6 is 0 Å². The first-order valence-electron chi connectivity index (χ1n) is 6.15. The van der Waals surface area contributed by atoms with Crippen LogP contribution in [0.5, 0.6) is 0 Å². The molecule has 1 aromatic rings. The van der Waals surface area contributed by atoms with Crippen molar-refractivity contribution >= 4 is 17.3 Å². The lowest BCUT2D eigenvalue weighted by Gasteiger charge is -2.26. The molecule has 1 heterocycles. The molecule has 0 aliphatic carbocycles. The smallest absolute Gasteiger partial charge is 0.238 e. The fourth-order valence-electron chi connectivity index (χ4n) is 2.01. The van der Waals surface area contributed by atoms with Crippen LogP contribution in [0.25, 0.3) is 0 Å². The number of oxime groups is 1. The molecule has 1 aliphatic rings. The zero-order chi connectivity index (χ0) is 13.7. The predicted octanol–water partition coefficient (Wildman–Crippen LogP) is 1.69. The van der Waals surface area contributed by atoms with Gasteiger partial charge in [-0.05, 0) is 24.3 Å². The van der Waals surface area contributed by atoms with Crippen molar-refractivity contribution in [1.29, 1.82) is 0 Å². The van der Waals surface area contributed by atoms with Gasteiger partial charge in [0.2, 0.25) is 5.91 Å². The van der Waals surface area contributed by atoms with E-state index in [-0.39, 0.29) is 18.3 Å². The monoisotopic (exact) mass is 265 g/mol. The summed E-state index contributed by atoms with van der Waals surface area (Å²) in [4.78, 5) is 13.8. The molecule has 0 aromatic heterocycles. The number of halogens is 1. The molecule has 5 nitrogen and oxygen atoms in total. The summed E-state index contributed by atoms with van der Waals surface area (Å²) in [5, 5.41) is 14.5. The van der Waals surface area contributed by atoms with E-state index in [1.165, 1.54) is 24.3 Å². The van der Waals surface area contributed by atoms with Crippen molar-refractivity contribution in [2.75, 3.05) is 25.0 Å². The number of carbonyl (C=O) groups excluding carboxylic acids is 1. The number of nitrogens with zero attached hydrogens (tertiary/aromatic N) is 2.